The number of fused-ring (bicyclic) bond motifs is 1. The number of benzene rings is 2. The number of carbonyl (C=O) groups excluding carboxylic acids is 1. The first kappa shape index (κ1) is 18.0. The maximum Gasteiger partial charge on any atom is 0.315 e. The molecule has 0 unspecified atom stereocenters. The molecule has 0 aliphatic carbocycles. The molecule has 5 heteroatoms. The van der Waals surface area contributed by atoms with Crippen LogP contribution in [-0.4, -0.2) is 15.6 Å². The van der Waals surface area contributed by atoms with Crippen LogP contribution in [0.1, 0.15) is 44.1 Å². The van der Waals surface area contributed by atoms with Gasteiger partial charge in [-0.05, 0) is 31.0 Å². The minimum atomic E-state index is -0.165. The van der Waals surface area contributed by atoms with Crippen LogP contribution >= 0.6 is 0 Å². The Morgan fingerprint density at radius 3 is 2.54 bits per heavy atom. The summed E-state index contributed by atoms with van der Waals surface area (Å²) >= 11 is 0. The summed E-state index contributed by atoms with van der Waals surface area (Å²) in [6.07, 6.45) is 1.91. The molecular weight excluding hydrogens is 324 g/mol. The summed E-state index contributed by atoms with van der Waals surface area (Å²) in [5.74, 6) is 0.871. The van der Waals surface area contributed by atoms with Gasteiger partial charge in [0.05, 0.1) is 23.6 Å². The van der Waals surface area contributed by atoms with Crippen LogP contribution in [0, 0.1) is 0 Å². The number of amides is 2. The normalized spacial score (nSPS) is 12.1. The quantitative estimate of drug-likeness (QED) is 0.663. The first-order valence-electron chi connectivity index (χ1n) is 9.26. The van der Waals surface area contributed by atoms with Crippen LogP contribution in [0.5, 0.6) is 0 Å². The van der Waals surface area contributed by atoms with Gasteiger partial charge < -0.3 is 15.2 Å². The van der Waals surface area contributed by atoms with E-state index >= 15 is 0 Å². The van der Waals surface area contributed by atoms with Gasteiger partial charge in [0.1, 0.15) is 5.82 Å². The molecule has 0 fully saturated rings. The maximum absolute atomic E-state index is 12.4. The summed E-state index contributed by atoms with van der Waals surface area (Å²) in [4.78, 5) is 17.1. The minimum Gasteiger partial charge on any atom is -0.331 e. The molecule has 26 heavy (non-hydrogen) atoms. The van der Waals surface area contributed by atoms with Crippen LogP contribution in [0.25, 0.3) is 11.0 Å². The highest BCUT2D eigenvalue weighted by molar-refractivity contribution is 5.77. The second-order valence-corrected chi connectivity index (χ2v) is 6.34. The average molecular weight is 350 g/mol. The number of aryl methyl sites for hydroxylation is 1. The van der Waals surface area contributed by atoms with E-state index in [0.29, 0.717) is 6.54 Å². The van der Waals surface area contributed by atoms with Crippen LogP contribution in [0.2, 0.25) is 0 Å². The summed E-state index contributed by atoms with van der Waals surface area (Å²) in [7, 11) is 0. The van der Waals surface area contributed by atoms with Gasteiger partial charge in [-0.3, -0.25) is 0 Å². The third-order valence-electron chi connectivity index (χ3n) is 4.54. The monoisotopic (exact) mass is 350 g/mol. The number of urea groups is 1. The predicted octanol–water partition coefficient (Wildman–Crippen LogP) is 4.40. The second-order valence-electron chi connectivity index (χ2n) is 6.34. The molecule has 136 valence electrons. The number of nitrogens with one attached hydrogen (secondary N) is 2. The molecule has 1 aromatic heterocycles. The van der Waals surface area contributed by atoms with Gasteiger partial charge in [0, 0.05) is 6.54 Å². The third kappa shape index (κ3) is 4.04. The number of imidazole rings is 1. The molecule has 0 aliphatic heterocycles. The Labute approximate surface area is 154 Å². The number of rotatable bonds is 7. The van der Waals surface area contributed by atoms with Crippen LogP contribution < -0.4 is 10.6 Å². The SMILES string of the molecule is CCC[C@@H](NC(=O)NCc1nc2ccccc2n1CC)c1ccccc1. The van der Waals surface area contributed by atoms with Crippen molar-refractivity contribution in [1.82, 2.24) is 20.2 Å². The lowest BCUT2D eigenvalue weighted by Crippen LogP contribution is -2.38. The van der Waals surface area contributed by atoms with Crippen molar-refractivity contribution >= 4 is 17.1 Å². The van der Waals surface area contributed by atoms with E-state index in [1.165, 1.54) is 0 Å². The van der Waals surface area contributed by atoms with E-state index in [-0.39, 0.29) is 12.1 Å². The molecule has 3 rings (SSSR count). The topological polar surface area (TPSA) is 59.0 Å². The molecule has 2 aromatic carbocycles. The predicted molar refractivity (Wildman–Crippen MR) is 105 cm³/mol. The number of nitrogens with zero attached hydrogens (tertiary/aromatic N) is 2. The summed E-state index contributed by atoms with van der Waals surface area (Å²) in [6.45, 7) is 5.44. The maximum atomic E-state index is 12.4. The zero-order chi connectivity index (χ0) is 18.4. The van der Waals surface area contributed by atoms with E-state index < -0.39 is 0 Å². The summed E-state index contributed by atoms with van der Waals surface area (Å²) in [5, 5.41) is 6.05. The van der Waals surface area contributed by atoms with Gasteiger partial charge in [0.2, 0.25) is 0 Å². The van der Waals surface area contributed by atoms with Crippen molar-refractivity contribution < 1.29 is 4.79 Å². The number of hydrogen-bond donors (Lipinski definition) is 2. The van der Waals surface area contributed by atoms with Crippen molar-refractivity contribution in [2.45, 2.75) is 45.8 Å². The van der Waals surface area contributed by atoms with E-state index in [1.54, 1.807) is 0 Å². The van der Waals surface area contributed by atoms with Crippen LogP contribution in [0.4, 0.5) is 4.79 Å². The van der Waals surface area contributed by atoms with Crippen molar-refractivity contribution in [2.24, 2.45) is 0 Å². The molecule has 2 amide bonds. The molecule has 0 saturated carbocycles. The Balaban J connectivity index is 1.66. The highest BCUT2D eigenvalue weighted by Gasteiger charge is 2.15. The largest absolute Gasteiger partial charge is 0.331 e. The van der Waals surface area contributed by atoms with Crippen molar-refractivity contribution in [3.05, 3.63) is 66.0 Å². The number of hydrogen-bond acceptors (Lipinski definition) is 2. The molecule has 0 aliphatic rings. The first-order valence-corrected chi connectivity index (χ1v) is 9.26. The molecule has 0 radical (unpaired) electrons. The minimum absolute atomic E-state index is 0.0196. The zero-order valence-corrected chi connectivity index (χ0v) is 15.4. The lowest BCUT2D eigenvalue weighted by atomic mass is 10.0. The van der Waals surface area contributed by atoms with E-state index in [0.717, 1.165) is 41.8 Å². The van der Waals surface area contributed by atoms with Crippen LogP contribution in [-0.2, 0) is 13.1 Å². The third-order valence-corrected chi connectivity index (χ3v) is 4.54. The summed E-state index contributed by atoms with van der Waals surface area (Å²) in [5.41, 5.74) is 3.19. The molecule has 1 atom stereocenters. The Morgan fingerprint density at radius 1 is 1.08 bits per heavy atom. The average Bonchev–Trinajstić information content (AvgIpc) is 3.04. The standard InChI is InChI=1S/C21H26N4O/c1-3-10-17(16-11-6-5-7-12-16)24-21(26)22-15-20-23-18-13-8-9-14-19(18)25(20)4-2/h5-9,11-14,17H,3-4,10,15H2,1-2H3,(H2,22,24,26)/t17-/m1/s1. The van der Waals surface area contributed by atoms with Crippen molar-refractivity contribution in [2.75, 3.05) is 0 Å². The number of aromatic nitrogens is 2. The van der Waals surface area contributed by atoms with E-state index in [4.69, 9.17) is 0 Å². The van der Waals surface area contributed by atoms with E-state index in [2.05, 4.69) is 52.2 Å². The number of para-hydroxylation sites is 2. The Hall–Kier alpha value is -2.82. The van der Waals surface area contributed by atoms with Gasteiger partial charge in [0.15, 0.2) is 0 Å². The van der Waals surface area contributed by atoms with Crippen molar-refractivity contribution in [3.8, 4) is 0 Å². The van der Waals surface area contributed by atoms with Crippen molar-refractivity contribution in [1.29, 1.82) is 0 Å². The fourth-order valence-corrected chi connectivity index (χ4v) is 3.28. The Morgan fingerprint density at radius 2 is 1.81 bits per heavy atom. The van der Waals surface area contributed by atoms with Crippen molar-refractivity contribution in [3.63, 3.8) is 0 Å². The highest BCUT2D eigenvalue weighted by Crippen LogP contribution is 2.18. The van der Waals surface area contributed by atoms with E-state index in [9.17, 15) is 4.79 Å². The van der Waals surface area contributed by atoms with Gasteiger partial charge in [-0.1, -0.05) is 55.8 Å². The van der Waals surface area contributed by atoms with Gasteiger partial charge in [-0.25, -0.2) is 9.78 Å². The molecule has 1 heterocycles. The summed E-state index contributed by atoms with van der Waals surface area (Å²) in [6, 6.07) is 18.0. The molecule has 0 spiro atoms. The lowest BCUT2D eigenvalue weighted by Gasteiger charge is -2.19. The number of carbonyl (C=O) groups is 1. The van der Waals surface area contributed by atoms with Gasteiger partial charge >= 0.3 is 6.03 Å². The summed E-state index contributed by atoms with van der Waals surface area (Å²) < 4.78 is 2.14. The zero-order valence-electron chi connectivity index (χ0n) is 15.4. The highest BCUT2D eigenvalue weighted by atomic mass is 16.2. The molecular formula is C21H26N4O. The van der Waals surface area contributed by atoms with Gasteiger partial charge in [-0.15, -0.1) is 0 Å². The van der Waals surface area contributed by atoms with Gasteiger partial charge in [-0.2, -0.15) is 0 Å². The molecule has 2 N–H and O–H groups in total. The molecule has 3 aromatic rings. The molecule has 0 saturated heterocycles. The fourth-order valence-electron chi connectivity index (χ4n) is 3.28. The van der Waals surface area contributed by atoms with Crippen LogP contribution in [0.15, 0.2) is 54.6 Å². The lowest BCUT2D eigenvalue weighted by molar-refractivity contribution is 0.235. The molecule has 5 nitrogen and oxygen atoms in total. The smallest absolute Gasteiger partial charge is 0.315 e. The van der Waals surface area contributed by atoms with Gasteiger partial charge in [0.25, 0.3) is 0 Å². The first-order chi connectivity index (χ1) is 12.7. The second kappa shape index (κ2) is 8.52. The molecule has 0 bridgehead atoms. The van der Waals surface area contributed by atoms with E-state index in [1.807, 2.05) is 36.4 Å². The van der Waals surface area contributed by atoms with Crippen LogP contribution in [0.3, 0.4) is 0 Å². The Kier molecular flexibility index (Phi) is 5.89. The Bertz CT molecular complexity index is 857. The fraction of sp³-hybridized carbons (Fsp3) is 0.333.